The highest BCUT2D eigenvalue weighted by atomic mass is 16.5. The fourth-order valence-electron chi connectivity index (χ4n) is 2.61. The van der Waals surface area contributed by atoms with Crippen LogP contribution >= 0.6 is 0 Å². The van der Waals surface area contributed by atoms with E-state index in [2.05, 4.69) is 30.9 Å². The number of carbonyl (C=O) groups excluding carboxylic acids is 1. The van der Waals surface area contributed by atoms with Crippen molar-refractivity contribution < 1.29 is 9.53 Å². The smallest absolute Gasteiger partial charge is 0.251 e. The van der Waals surface area contributed by atoms with Crippen molar-refractivity contribution in [3.05, 3.63) is 53.0 Å². The van der Waals surface area contributed by atoms with Gasteiger partial charge in [-0.15, -0.1) is 10.2 Å². The van der Waals surface area contributed by atoms with Crippen molar-refractivity contribution in [1.29, 1.82) is 0 Å². The minimum absolute atomic E-state index is 0.191. The second-order valence-electron chi connectivity index (χ2n) is 6.25. The average molecular weight is 381 g/mol. The van der Waals surface area contributed by atoms with Crippen LogP contribution in [0.15, 0.2) is 30.5 Å². The molecule has 0 aromatic carbocycles. The lowest BCUT2D eigenvalue weighted by Crippen LogP contribution is -2.29. The molecule has 1 amide bonds. The SMILES string of the molecule is COc1cc(C(=O)NCCNc2ccc(-n3nc(C)c(C)c3C)nn2)ccn1. The quantitative estimate of drug-likeness (QED) is 0.601. The van der Waals surface area contributed by atoms with Gasteiger partial charge in [0.15, 0.2) is 5.82 Å². The van der Waals surface area contributed by atoms with Crippen molar-refractivity contribution in [2.24, 2.45) is 0 Å². The van der Waals surface area contributed by atoms with Crippen LogP contribution in [0.4, 0.5) is 5.82 Å². The second-order valence-corrected chi connectivity index (χ2v) is 6.25. The lowest BCUT2D eigenvalue weighted by atomic mass is 10.2. The number of nitrogens with zero attached hydrogens (tertiary/aromatic N) is 5. The molecule has 3 aromatic heterocycles. The van der Waals surface area contributed by atoms with Crippen LogP contribution < -0.4 is 15.4 Å². The van der Waals surface area contributed by atoms with Crippen LogP contribution in [0.1, 0.15) is 27.3 Å². The summed E-state index contributed by atoms with van der Waals surface area (Å²) < 4.78 is 6.80. The van der Waals surface area contributed by atoms with Crippen molar-refractivity contribution in [2.75, 3.05) is 25.5 Å². The number of rotatable bonds is 7. The molecule has 146 valence electrons. The Morgan fingerprint density at radius 1 is 1.14 bits per heavy atom. The zero-order valence-corrected chi connectivity index (χ0v) is 16.4. The summed E-state index contributed by atoms with van der Waals surface area (Å²) in [5.74, 6) is 1.50. The highest BCUT2D eigenvalue weighted by molar-refractivity contribution is 5.94. The molecule has 0 saturated carbocycles. The monoisotopic (exact) mass is 381 g/mol. The maximum absolute atomic E-state index is 12.1. The highest BCUT2D eigenvalue weighted by Gasteiger charge is 2.10. The van der Waals surface area contributed by atoms with Gasteiger partial charge in [-0.1, -0.05) is 0 Å². The van der Waals surface area contributed by atoms with Crippen molar-refractivity contribution in [1.82, 2.24) is 30.3 Å². The van der Waals surface area contributed by atoms with Gasteiger partial charge < -0.3 is 15.4 Å². The van der Waals surface area contributed by atoms with Gasteiger partial charge in [0.05, 0.1) is 12.8 Å². The third kappa shape index (κ3) is 4.25. The van der Waals surface area contributed by atoms with Crippen LogP contribution in [0.5, 0.6) is 5.88 Å². The number of hydrogen-bond donors (Lipinski definition) is 2. The summed E-state index contributed by atoms with van der Waals surface area (Å²) in [6, 6.07) is 6.92. The summed E-state index contributed by atoms with van der Waals surface area (Å²) in [5, 5.41) is 18.8. The molecular weight excluding hydrogens is 358 g/mol. The Bertz CT molecular complexity index is 967. The van der Waals surface area contributed by atoms with Gasteiger partial charge in [-0.3, -0.25) is 4.79 Å². The van der Waals surface area contributed by atoms with Gasteiger partial charge in [0.2, 0.25) is 5.88 Å². The van der Waals surface area contributed by atoms with Crippen LogP contribution in [0.2, 0.25) is 0 Å². The first-order valence-corrected chi connectivity index (χ1v) is 8.88. The molecular formula is C19H23N7O2. The number of methoxy groups -OCH3 is 1. The second kappa shape index (κ2) is 8.47. The third-order valence-corrected chi connectivity index (χ3v) is 4.44. The van der Waals surface area contributed by atoms with Crippen molar-refractivity contribution in [3.8, 4) is 11.7 Å². The van der Waals surface area contributed by atoms with Crippen LogP contribution in [-0.2, 0) is 0 Å². The fraction of sp³-hybridized carbons (Fsp3) is 0.316. The molecule has 2 N–H and O–H groups in total. The zero-order valence-electron chi connectivity index (χ0n) is 16.4. The Kier molecular flexibility index (Phi) is 5.83. The molecule has 9 heteroatoms. The summed E-state index contributed by atoms with van der Waals surface area (Å²) in [5.41, 5.74) is 3.66. The molecule has 9 nitrogen and oxygen atoms in total. The summed E-state index contributed by atoms with van der Waals surface area (Å²) in [4.78, 5) is 16.1. The minimum Gasteiger partial charge on any atom is -0.481 e. The Hall–Kier alpha value is -3.49. The summed E-state index contributed by atoms with van der Waals surface area (Å²) >= 11 is 0. The fourth-order valence-corrected chi connectivity index (χ4v) is 2.61. The van der Waals surface area contributed by atoms with Gasteiger partial charge in [0.25, 0.3) is 5.91 Å². The van der Waals surface area contributed by atoms with Crippen molar-refractivity contribution in [3.63, 3.8) is 0 Å². The molecule has 0 aliphatic heterocycles. The van der Waals surface area contributed by atoms with Gasteiger partial charge in [0, 0.05) is 36.6 Å². The first kappa shape index (κ1) is 19.3. The number of hydrogen-bond acceptors (Lipinski definition) is 7. The van der Waals surface area contributed by atoms with Crippen LogP contribution in [-0.4, -0.2) is 51.1 Å². The Balaban J connectivity index is 1.51. The number of aryl methyl sites for hydroxylation is 1. The van der Waals surface area contributed by atoms with Gasteiger partial charge >= 0.3 is 0 Å². The van der Waals surface area contributed by atoms with E-state index in [4.69, 9.17) is 4.74 Å². The number of aromatic nitrogens is 5. The van der Waals surface area contributed by atoms with Gasteiger partial charge in [-0.05, 0) is 44.5 Å². The summed E-state index contributed by atoms with van der Waals surface area (Å²) in [6.45, 7) is 6.96. The van der Waals surface area contributed by atoms with E-state index in [9.17, 15) is 4.79 Å². The Morgan fingerprint density at radius 2 is 1.96 bits per heavy atom. The predicted molar refractivity (Wildman–Crippen MR) is 105 cm³/mol. The van der Waals surface area contributed by atoms with E-state index in [0.717, 1.165) is 17.0 Å². The topological polar surface area (TPSA) is 107 Å². The first-order valence-electron chi connectivity index (χ1n) is 8.88. The Labute approximate surface area is 163 Å². The molecule has 0 aliphatic rings. The van der Waals surface area contributed by atoms with E-state index in [-0.39, 0.29) is 5.91 Å². The lowest BCUT2D eigenvalue weighted by Gasteiger charge is -2.08. The van der Waals surface area contributed by atoms with E-state index in [1.165, 1.54) is 13.3 Å². The number of ether oxygens (including phenoxy) is 1. The molecule has 0 unspecified atom stereocenters. The van der Waals surface area contributed by atoms with Crippen LogP contribution in [0, 0.1) is 20.8 Å². The molecule has 3 rings (SSSR count). The molecule has 0 fully saturated rings. The van der Waals surface area contributed by atoms with Gasteiger partial charge in [-0.2, -0.15) is 5.10 Å². The van der Waals surface area contributed by atoms with E-state index in [1.807, 2.05) is 32.9 Å². The molecule has 0 aliphatic carbocycles. The number of nitrogens with one attached hydrogen (secondary N) is 2. The third-order valence-electron chi connectivity index (χ3n) is 4.44. The number of pyridine rings is 1. The summed E-state index contributed by atoms with van der Waals surface area (Å²) in [7, 11) is 1.51. The largest absolute Gasteiger partial charge is 0.481 e. The molecule has 0 bridgehead atoms. The zero-order chi connectivity index (χ0) is 20.1. The molecule has 28 heavy (non-hydrogen) atoms. The van der Waals surface area contributed by atoms with E-state index < -0.39 is 0 Å². The number of amides is 1. The summed E-state index contributed by atoms with van der Waals surface area (Å²) in [6.07, 6.45) is 1.54. The number of carbonyl (C=O) groups is 1. The predicted octanol–water partition coefficient (Wildman–Crippen LogP) is 1.83. The highest BCUT2D eigenvalue weighted by Crippen LogP contribution is 2.15. The first-order chi connectivity index (χ1) is 13.5. The maximum Gasteiger partial charge on any atom is 0.251 e. The van der Waals surface area contributed by atoms with E-state index in [1.54, 1.807) is 16.8 Å². The number of anilines is 1. The average Bonchev–Trinajstić information content (AvgIpc) is 2.99. The van der Waals surface area contributed by atoms with Crippen LogP contribution in [0.25, 0.3) is 5.82 Å². The lowest BCUT2D eigenvalue weighted by molar-refractivity contribution is 0.0954. The molecule has 0 radical (unpaired) electrons. The molecule has 0 atom stereocenters. The van der Waals surface area contributed by atoms with E-state index >= 15 is 0 Å². The normalized spacial score (nSPS) is 10.6. The van der Waals surface area contributed by atoms with Gasteiger partial charge in [0.1, 0.15) is 5.82 Å². The van der Waals surface area contributed by atoms with E-state index in [0.29, 0.717) is 36.2 Å². The van der Waals surface area contributed by atoms with Crippen molar-refractivity contribution in [2.45, 2.75) is 20.8 Å². The minimum atomic E-state index is -0.191. The maximum atomic E-state index is 12.1. The van der Waals surface area contributed by atoms with Crippen LogP contribution in [0.3, 0.4) is 0 Å². The molecule has 0 spiro atoms. The molecule has 3 heterocycles. The molecule has 0 saturated heterocycles. The Morgan fingerprint density at radius 3 is 2.61 bits per heavy atom. The molecule has 3 aromatic rings. The van der Waals surface area contributed by atoms with Crippen molar-refractivity contribution >= 4 is 11.7 Å². The standard InChI is InChI=1S/C19H23N7O2/c1-12-13(2)25-26(14(12)3)17-6-5-16(23-24-17)20-9-10-22-19(27)15-7-8-21-18(11-15)28-4/h5-8,11H,9-10H2,1-4H3,(H,20,23)(H,22,27). The van der Waals surface area contributed by atoms with Gasteiger partial charge in [-0.25, -0.2) is 9.67 Å².